The van der Waals surface area contributed by atoms with Gasteiger partial charge >= 0.3 is 0 Å². The Labute approximate surface area is 176 Å². The number of pyridine rings is 1. The van der Waals surface area contributed by atoms with Crippen LogP contribution in [0.1, 0.15) is 16.7 Å². The number of benzene rings is 3. The zero-order valence-corrected chi connectivity index (χ0v) is 17.6. The molecule has 0 unspecified atom stereocenters. The Morgan fingerprint density at radius 2 is 1.62 bits per heavy atom. The van der Waals surface area contributed by atoms with E-state index in [1.54, 1.807) is 12.3 Å². The van der Waals surface area contributed by atoms with Gasteiger partial charge in [0.25, 0.3) is 5.56 Å². The SMILES string of the molecule is Cc1ccc(-n2c(O)c(C=Nc3ccccc3Br)c3ccccc3c2=O)cc1C. The molecule has 0 atom stereocenters. The number of aryl methyl sites for hydroxylation is 2. The normalized spacial score (nSPS) is 11.4. The van der Waals surface area contributed by atoms with Crippen molar-refractivity contribution in [3.63, 3.8) is 0 Å². The molecule has 0 radical (unpaired) electrons. The summed E-state index contributed by atoms with van der Waals surface area (Å²) in [6, 6.07) is 20.5. The fraction of sp³-hybridized carbons (Fsp3) is 0.0833. The number of hydrogen-bond donors (Lipinski definition) is 1. The lowest BCUT2D eigenvalue weighted by Crippen LogP contribution is -2.20. The van der Waals surface area contributed by atoms with Crippen LogP contribution in [0.3, 0.4) is 0 Å². The van der Waals surface area contributed by atoms with E-state index in [0.717, 1.165) is 21.3 Å². The molecule has 4 nitrogen and oxygen atoms in total. The molecular formula is C24H19BrN2O2. The third-order valence-electron chi connectivity index (χ3n) is 5.04. The van der Waals surface area contributed by atoms with Gasteiger partial charge in [0.2, 0.25) is 5.88 Å². The lowest BCUT2D eigenvalue weighted by atomic mass is 10.1. The summed E-state index contributed by atoms with van der Waals surface area (Å²) in [5, 5.41) is 12.3. The number of rotatable bonds is 3. The van der Waals surface area contributed by atoms with Crippen LogP contribution in [0, 0.1) is 13.8 Å². The van der Waals surface area contributed by atoms with Gasteiger partial charge in [-0.05, 0) is 71.2 Å². The molecule has 0 saturated heterocycles. The summed E-state index contributed by atoms with van der Waals surface area (Å²) in [7, 11) is 0. The number of aromatic hydroxyl groups is 1. The average molecular weight is 447 g/mol. The molecular weight excluding hydrogens is 428 g/mol. The molecule has 3 aromatic carbocycles. The molecule has 0 aliphatic heterocycles. The molecule has 0 fully saturated rings. The van der Waals surface area contributed by atoms with E-state index in [0.29, 0.717) is 22.0 Å². The topological polar surface area (TPSA) is 54.6 Å². The van der Waals surface area contributed by atoms with E-state index in [1.807, 2.05) is 74.5 Å². The number of aromatic nitrogens is 1. The Balaban J connectivity index is 2.00. The zero-order chi connectivity index (χ0) is 20.5. The number of nitrogens with zero attached hydrogens (tertiary/aromatic N) is 2. The van der Waals surface area contributed by atoms with Crippen LogP contribution in [0.15, 0.2) is 81.0 Å². The lowest BCUT2D eigenvalue weighted by molar-refractivity contribution is 0.436. The second-order valence-electron chi connectivity index (χ2n) is 6.90. The summed E-state index contributed by atoms with van der Waals surface area (Å²) >= 11 is 3.48. The van der Waals surface area contributed by atoms with Crippen LogP contribution in [0.2, 0.25) is 0 Å². The summed E-state index contributed by atoms with van der Waals surface area (Å²) in [5.41, 5.74) is 3.76. The van der Waals surface area contributed by atoms with Gasteiger partial charge in [-0.25, -0.2) is 4.57 Å². The minimum Gasteiger partial charge on any atom is -0.494 e. The van der Waals surface area contributed by atoms with E-state index in [-0.39, 0.29) is 11.4 Å². The quantitative estimate of drug-likeness (QED) is 0.402. The molecule has 4 rings (SSSR count). The highest BCUT2D eigenvalue weighted by molar-refractivity contribution is 9.10. The maximum atomic E-state index is 13.2. The molecule has 1 N–H and O–H groups in total. The summed E-state index contributed by atoms with van der Waals surface area (Å²) in [4.78, 5) is 17.7. The van der Waals surface area contributed by atoms with Gasteiger partial charge in [0.05, 0.1) is 16.9 Å². The fourth-order valence-corrected chi connectivity index (χ4v) is 3.67. The van der Waals surface area contributed by atoms with Crippen LogP contribution in [0.25, 0.3) is 16.5 Å². The van der Waals surface area contributed by atoms with Gasteiger partial charge in [-0.1, -0.05) is 36.4 Å². The van der Waals surface area contributed by atoms with Crippen molar-refractivity contribution in [1.82, 2.24) is 4.57 Å². The molecule has 144 valence electrons. The third-order valence-corrected chi connectivity index (χ3v) is 5.71. The molecule has 5 heteroatoms. The van der Waals surface area contributed by atoms with Gasteiger partial charge in [0.15, 0.2) is 0 Å². The first-order valence-corrected chi connectivity index (χ1v) is 9.99. The van der Waals surface area contributed by atoms with Crippen molar-refractivity contribution < 1.29 is 5.11 Å². The summed E-state index contributed by atoms with van der Waals surface area (Å²) < 4.78 is 2.19. The van der Waals surface area contributed by atoms with Crippen LogP contribution in [-0.4, -0.2) is 15.9 Å². The summed E-state index contributed by atoms with van der Waals surface area (Å²) in [6.45, 7) is 4.00. The highest BCUT2D eigenvalue weighted by Gasteiger charge is 2.16. The van der Waals surface area contributed by atoms with E-state index in [1.165, 1.54) is 4.57 Å². The minimum atomic E-state index is -0.264. The van der Waals surface area contributed by atoms with Crippen molar-refractivity contribution >= 4 is 38.6 Å². The van der Waals surface area contributed by atoms with Crippen LogP contribution < -0.4 is 5.56 Å². The Hall–Kier alpha value is -3.18. The second kappa shape index (κ2) is 7.68. The summed E-state index contributed by atoms with van der Waals surface area (Å²) in [5.74, 6) is -0.132. The van der Waals surface area contributed by atoms with Crippen molar-refractivity contribution in [3.05, 3.63) is 98.2 Å². The van der Waals surface area contributed by atoms with Gasteiger partial charge in [-0.3, -0.25) is 9.79 Å². The maximum absolute atomic E-state index is 13.2. The predicted molar refractivity (Wildman–Crippen MR) is 122 cm³/mol. The first kappa shape index (κ1) is 19.2. The smallest absolute Gasteiger partial charge is 0.265 e. The summed E-state index contributed by atoms with van der Waals surface area (Å²) in [6.07, 6.45) is 1.61. The van der Waals surface area contributed by atoms with Gasteiger partial charge in [0.1, 0.15) is 0 Å². The van der Waals surface area contributed by atoms with E-state index in [2.05, 4.69) is 20.9 Å². The maximum Gasteiger partial charge on any atom is 0.265 e. The molecule has 0 bridgehead atoms. The van der Waals surface area contributed by atoms with E-state index < -0.39 is 0 Å². The molecule has 0 aliphatic rings. The Kier molecular flexibility index (Phi) is 5.07. The molecule has 0 aliphatic carbocycles. The molecule has 1 heterocycles. The number of fused-ring (bicyclic) bond motifs is 1. The molecule has 1 aromatic heterocycles. The van der Waals surface area contributed by atoms with Crippen molar-refractivity contribution in [1.29, 1.82) is 0 Å². The largest absolute Gasteiger partial charge is 0.494 e. The van der Waals surface area contributed by atoms with E-state index in [4.69, 9.17) is 0 Å². The molecule has 29 heavy (non-hydrogen) atoms. The van der Waals surface area contributed by atoms with Crippen LogP contribution in [-0.2, 0) is 0 Å². The van der Waals surface area contributed by atoms with Crippen LogP contribution in [0.4, 0.5) is 5.69 Å². The van der Waals surface area contributed by atoms with Gasteiger partial charge < -0.3 is 5.11 Å². The van der Waals surface area contributed by atoms with Gasteiger partial charge in [-0.15, -0.1) is 0 Å². The third kappa shape index (κ3) is 3.49. The lowest BCUT2D eigenvalue weighted by Gasteiger charge is -2.15. The predicted octanol–water partition coefficient (Wildman–Crippen LogP) is 5.83. The standard InChI is InChI=1S/C24H19BrN2O2/c1-15-11-12-17(13-16(15)2)27-23(28)19-8-4-3-7-18(19)20(24(27)29)14-26-22-10-6-5-9-21(22)25/h3-14,29H,1-2H3. The van der Waals surface area contributed by atoms with E-state index >= 15 is 0 Å². The van der Waals surface area contributed by atoms with Crippen molar-refractivity contribution in [2.75, 3.05) is 0 Å². The minimum absolute atomic E-state index is 0.132. The van der Waals surface area contributed by atoms with Gasteiger partial charge in [-0.2, -0.15) is 0 Å². The molecule has 0 saturated carbocycles. The highest BCUT2D eigenvalue weighted by atomic mass is 79.9. The van der Waals surface area contributed by atoms with Crippen molar-refractivity contribution in [3.8, 4) is 11.6 Å². The molecule has 4 aromatic rings. The number of aliphatic imine (C=N–C) groups is 1. The first-order valence-electron chi connectivity index (χ1n) is 9.20. The average Bonchev–Trinajstić information content (AvgIpc) is 2.72. The molecule has 0 spiro atoms. The van der Waals surface area contributed by atoms with E-state index in [9.17, 15) is 9.90 Å². The van der Waals surface area contributed by atoms with Crippen molar-refractivity contribution in [2.24, 2.45) is 4.99 Å². The number of halogens is 1. The van der Waals surface area contributed by atoms with Crippen LogP contribution in [0.5, 0.6) is 5.88 Å². The number of para-hydroxylation sites is 1. The Bertz CT molecular complexity index is 1320. The zero-order valence-electron chi connectivity index (χ0n) is 16.1. The monoisotopic (exact) mass is 446 g/mol. The fourth-order valence-electron chi connectivity index (χ4n) is 3.28. The highest BCUT2D eigenvalue weighted by Crippen LogP contribution is 2.29. The van der Waals surface area contributed by atoms with Crippen LogP contribution >= 0.6 is 15.9 Å². The Morgan fingerprint density at radius 1 is 0.931 bits per heavy atom. The Morgan fingerprint density at radius 3 is 2.34 bits per heavy atom. The van der Waals surface area contributed by atoms with Gasteiger partial charge in [0, 0.05) is 21.5 Å². The first-order chi connectivity index (χ1) is 14.0. The molecule has 0 amide bonds. The second-order valence-corrected chi connectivity index (χ2v) is 7.76. The number of hydrogen-bond acceptors (Lipinski definition) is 3. The van der Waals surface area contributed by atoms with Crippen molar-refractivity contribution in [2.45, 2.75) is 13.8 Å².